The first-order valence-corrected chi connectivity index (χ1v) is 21.2. The average molecular weight is 737 g/mol. The van der Waals surface area contributed by atoms with Crippen LogP contribution in [0.3, 0.4) is 0 Å². The molecule has 0 N–H and O–H groups in total. The van der Waals surface area contributed by atoms with Gasteiger partial charge >= 0.3 is 17.9 Å². The second kappa shape index (κ2) is 41.3. The summed E-state index contributed by atoms with van der Waals surface area (Å²) >= 11 is 0. The van der Waals surface area contributed by atoms with Crippen molar-refractivity contribution < 1.29 is 28.6 Å². The Morgan fingerprint density at radius 2 is 0.774 bits per heavy atom. The summed E-state index contributed by atoms with van der Waals surface area (Å²) in [6.45, 7) is 6.24. The Kier molecular flexibility index (Phi) is 38.7. The number of hydrogen-bond donors (Lipinski definition) is 0. The van der Waals surface area contributed by atoms with E-state index in [1.165, 1.54) is 25.7 Å². The van der Waals surface area contributed by atoms with Crippen molar-refractivity contribution in [2.75, 3.05) is 13.2 Å². The molecule has 0 radical (unpaired) electrons. The molecule has 0 bridgehead atoms. The quantitative estimate of drug-likeness (QED) is 0.0209. The fourth-order valence-corrected chi connectivity index (χ4v) is 5.33. The van der Waals surface area contributed by atoms with Crippen LogP contribution in [0.5, 0.6) is 0 Å². The Bertz CT molecular complexity index is 1080. The predicted octanol–water partition coefficient (Wildman–Crippen LogP) is 13.3. The highest BCUT2D eigenvalue weighted by Gasteiger charge is 2.19. The summed E-state index contributed by atoms with van der Waals surface area (Å²) in [5, 5.41) is 0. The van der Waals surface area contributed by atoms with E-state index in [1.54, 1.807) is 0 Å². The van der Waals surface area contributed by atoms with Crippen molar-refractivity contribution in [1.82, 2.24) is 0 Å². The Hall–Kier alpha value is -3.41. The van der Waals surface area contributed by atoms with Crippen LogP contribution in [0, 0.1) is 0 Å². The molecule has 0 aromatic heterocycles. The molecule has 0 heterocycles. The van der Waals surface area contributed by atoms with Crippen LogP contribution in [0.15, 0.2) is 85.1 Å². The van der Waals surface area contributed by atoms with Crippen molar-refractivity contribution >= 4 is 17.9 Å². The third-order valence-electron chi connectivity index (χ3n) is 8.49. The summed E-state index contributed by atoms with van der Waals surface area (Å²) in [4.78, 5) is 37.6. The van der Waals surface area contributed by atoms with Crippen molar-refractivity contribution in [2.24, 2.45) is 0 Å². The molecule has 300 valence electrons. The van der Waals surface area contributed by atoms with Gasteiger partial charge in [-0.05, 0) is 77.0 Å². The van der Waals surface area contributed by atoms with E-state index in [0.29, 0.717) is 25.7 Å². The van der Waals surface area contributed by atoms with Crippen molar-refractivity contribution in [1.29, 1.82) is 0 Å². The van der Waals surface area contributed by atoms with E-state index in [9.17, 15) is 14.4 Å². The van der Waals surface area contributed by atoms with Gasteiger partial charge in [-0.3, -0.25) is 14.4 Å². The zero-order chi connectivity index (χ0) is 38.7. The van der Waals surface area contributed by atoms with Crippen LogP contribution in [0.25, 0.3) is 0 Å². The monoisotopic (exact) mass is 737 g/mol. The van der Waals surface area contributed by atoms with Crippen molar-refractivity contribution in [3.05, 3.63) is 85.1 Å². The fraction of sp³-hybridized carbons (Fsp3) is 0.638. The summed E-state index contributed by atoms with van der Waals surface area (Å²) < 4.78 is 16.6. The standard InChI is InChI=1S/C47H76O6/c1-4-7-10-13-16-19-21-23-25-28-31-34-37-40-46(49)52-43-44(42-51-45(48)39-36-33-30-27-18-15-12-9-6-3)53-47(50)41-38-35-32-29-26-24-22-20-17-14-11-8-5-2/h7-8,10-11,13-14,16-17,19-22,27,30,44H,4-6,9,12,15,18,23-26,28-29,31-43H2,1-3H3/b10-7-,11-8-,16-13-,17-14-,21-19-,22-20-,30-27-. The van der Waals surface area contributed by atoms with E-state index in [0.717, 1.165) is 103 Å². The fourth-order valence-electron chi connectivity index (χ4n) is 5.33. The van der Waals surface area contributed by atoms with Crippen LogP contribution in [-0.2, 0) is 28.6 Å². The first-order chi connectivity index (χ1) is 26.0. The van der Waals surface area contributed by atoms with Crippen LogP contribution in [0.4, 0.5) is 0 Å². The maximum atomic E-state index is 12.7. The molecule has 1 atom stereocenters. The molecule has 0 aliphatic rings. The zero-order valence-electron chi connectivity index (χ0n) is 34.0. The number of hydrogen-bond acceptors (Lipinski definition) is 6. The van der Waals surface area contributed by atoms with E-state index in [-0.39, 0.29) is 31.1 Å². The van der Waals surface area contributed by atoms with Gasteiger partial charge in [-0.15, -0.1) is 0 Å². The van der Waals surface area contributed by atoms with Crippen LogP contribution >= 0.6 is 0 Å². The van der Waals surface area contributed by atoms with E-state index in [2.05, 4.69) is 93.7 Å². The van der Waals surface area contributed by atoms with Gasteiger partial charge < -0.3 is 14.2 Å². The number of carbonyl (C=O) groups is 3. The molecule has 0 amide bonds. The largest absolute Gasteiger partial charge is 0.462 e. The summed E-state index contributed by atoms with van der Waals surface area (Å²) in [6.07, 6.45) is 51.4. The lowest BCUT2D eigenvalue weighted by molar-refractivity contribution is -0.167. The van der Waals surface area contributed by atoms with E-state index >= 15 is 0 Å². The molecular weight excluding hydrogens is 661 g/mol. The Labute approximate surface area is 325 Å². The van der Waals surface area contributed by atoms with Gasteiger partial charge in [-0.1, -0.05) is 164 Å². The first-order valence-electron chi connectivity index (χ1n) is 21.2. The lowest BCUT2D eigenvalue weighted by atomic mass is 10.1. The number of ether oxygens (including phenoxy) is 3. The van der Waals surface area contributed by atoms with Crippen molar-refractivity contribution in [3.8, 4) is 0 Å². The van der Waals surface area contributed by atoms with Crippen LogP contribution < -0.4 is 0 Å². The second-order valence-corrected chi connectivity index (χ2v) is 13.6. The minimum absolute atomic E-state index is 0.106. The maximum absolute atomic E-state index is 12.7. The maximum Gasteiger partial charge on any atom is 0.306 e. The van der Waals surface area contributed by atoms with Gasteiger partial charge in [0.15, 0.2) is 6.10 Å². The SMILES string of the molecule is CC\C=C/C=C\C=C/CCCCCCCC(=O)OCC(COC(=O)CCC/C=C\CCCCCC)OC(=O)CCCCCCC\C=C/C=C\C=C/CC. The van der Waals surface area contributed by atoms with E-state index < -0.39 is 6.10 Å². The first kappa shape index (κ1) is 49.6. The number of unbranched alkanes of at least 4 members (excludes halogenated alkanes) is 15. The molecule has 0 saturated heterocycles. The molecule has 6 heteroatoms. The van der Waals surface area contributed by atoms with Gasteiger partial charge in [0.25, 0.3) is 0 Å². The third kappa shape index (κ3) is 39.6. The summed E-state index contributed by atoms with van der Waals surface area (Å²) in [5.74, 6) is -0.994. The second-order valence-electron chi connectivity index (χ2n) is 13.6. The van der Waals surface area contributed by atoms with Crippen LogP contribution in [0.2, 0.25) is 0 Å². The summed E-state index contributed by atoms with van der Waals surface area (Å²) in [6, 6.07) is 0. The minimum atomic E-state index is -0.803. The lowest BCUT2D eigenvalue weighted by Crippen LogP contribution is -2.30. The predicted molar refractivity (Wildman–Crippen MR) is 224 cm³/mol. The normalized spacial score (nSPS) is 12.9. The van der Waals surface area contributed by atoms with Gasteiger partial charge in [0, 0.05) is 19.3 Å². The average Bonchev–Trinajstić information content (AvgIpc) is 3.15. The molecule has 6 nitrogen and oxygen atoms in total. The minimum Gasteiger partial charge on any atom is -0.462 e. The number of esters is 3. The molecule has 0 saturated carbocycles. The molecule has 53 heavy (non-hydrogen) atoms. The smallest absolute Gasteiger partial charge is 0.306 e. The van der Waals surface area contributed by atoms with Gasteiger partial charge in [-0.2, -0.15) is 0 Å². The Balaban J connectivity index is 4.49. The van der Waals surface area contributed by atoms with Gasteiger partial charge in [-0.25, -0.2) is 0 Å². The van der Waals surface area contributed by atoms with Gasteiger partial charge in [0.1, 0.15) is 13.2 Å². The molecular formula is C47H76O6. The highest BCUT2D eigenvalue weighted by Crippen LogP contribution is 2.12. The van der Waals surface area contributed by atoms with Crippen LogP contribution in [-0.4, -0.2) is 37.2 Å². The summed E-state index contributed by atoms with van der Waals surface area (Å²) in [7, 11) is 0. The molecule has 0 aromatic carbocycles. The molecule has 0 aromatic rings. The van der Waals surface area contributed by atoms with Gasteiger partial charge in [0.2, 0.25) is 0 Å². The highest BCUT2D eigenvalue weighted by molar-refractivity contribution is 5.71. The molecule has 1 unspecified atom stereocenters. The lowest BCUT2D eigenvalue weighted by Gasteiger charge is -2.18. The topological polar surface area (TPSA) is 78.9 Å². The Morgan fingerprint density at radius 1 is 0.396 bits per heavy atom. The van der Waals surface area contributed by atoms with Crippen molar-refractivity contribution in [3.63, 3.8) is 0 Å². The molecule has 0 rings (SSSR count). The number of carbonyl (C=O) groups excluding carboxylic acids is 3. The molecule has 0 aliphatic heterocycles. The Morgan fingerprint density at radius 3 is 1.26 bits per heavy atom. The number of allylic oxidation sites excluding steroid dienone is 14. The molecule has 0 fully saturated rings. The summed E-state index contributed by atoms with van der Waals surface area (Å²) in [5.41, 5.74) is 0. The zero-order valence-corrected chi connectivity index (χ0v) is 34.0. The molecule has 0 aliphatic carbocycles. The molecule has 0 spiro atoms. The van der Waals surface area contributed by atoms with Crippen molar-refractivity contribution in [2.45, 2.75) is 181 Å². The number of rotatable bonds is 36. The highest BCUT2D eigenvalue weighted by atomic mass is 16.6. The van der Waals surface area contributed by atoms with E-state index in [4.69, 9.17) is 14.2 Å². The van der Waals surface area contributed by atoms with Gasteiger partial charge in [0.05, 0.1) is 0 Å². The third-order valence-corrected chi connectivity index (χ3v) is 8.49. The van der Waals surface area contributed by atoms with E-state index in [1.807, 2.05) is 12.2 Å². The van der Waals surface area contributed by atoms with Crippen LogP contribution in [0.1, 0.15) is 175 Å².